The molecule has 1 aromatic rings. The number of nitro benzene ring substituents is 1. The van der Waals surface area contributed by atoms with Gasteiger partial charge in [0.1, 0.15) is 6.07 Å². The molecule has 0 aromatic heterocycles. The van der Waals surface area contributed by atoms with Crippen molar-refractivity contribution in [1.82, 2.24) is 0 Å². The molecule has 0 aliphatic heterocycles. The molecule has 0 heterocycles. The predicted molar refractivity (Wildman–Crippen MR) is 72.2 cm³/mol. The van der Waals surface area contributed by atoms with E-state index in [9.17, 15) is 14.9 Å². The number of nitrogens with one attached hydrogen (secondary N) is 1. The molecule has 0 aliphatic carbocycles. The summed E-state index contributed by atoms with van der Waals surface area (Å²) in [5.74, 6) is -0.265. The van der Waals surface area contributed by atoms with Crippen LogP contribution in [-0.2, 0) is 9.53 Å². The fourth-order valence-corrected chi connectivity index (χ4v) is 1.58. The van der Waals surface area contributed by atoms with Crippen molar-refractivity contribution in [3.05, 3.63) is 33.9 Å². The Labute approximate surface area is 116 Å². The zero-order chi connectivity index (χ0) is 15.0. The summed E-state index contributed by atoms with van der Waals surface area (Å²) in [6, 6.07) is 5.93. The largest absolute Gasteiger partial charge is 0.466 e. The highest BCUT2D eigenvalue weighted by Crippen LogP contribution is 2.21. The average molecular weight is 277 g/mol. The molecular weight excluding hydrogens is 262 g/mol. The minimum Gasteiger partial charge on any atom is -0.466 e. The first-order chi connectivity index (χ1) is 9.58. The van der Waals surface area contributed by atoms with Crippen molar-refractivity contribution < 1.29 is 14.5 Å². The van der Waals surface area contributed by atoms with Crippen molar-refractivity contribution in [2.75, 3.05) is 18.5 Å². The summed E-state index contributed by atoms with van der Waals surface area (Å²) < 4.78 is 4.79. The number of nitro groups is 1. The molecule has 0 spiro atoms. The third-order valence-corrected chi connectivity index (χ3v) is 2.51. The zero-order valence-electron chi connectivity index (χ0n) is 11.1. The van der Waals surface area contributed by atoms with Crippen LogP contribution in [0.15, 0.2) is 18.2 Å². The summed E-state index contributed by atoms with van der Waals surface area (Å²) in [6.07, 6.45) is 0.844. The van der Waals surface area contributed by atoms with Crippen LogP contribution in [0, 0.1) is 21.4 Å². The number of nitrogens with zero attached hydrogens (tertiary/aromatic N) is 2. The van der Waals surface area contributed by atoms with E-state index in [0.717, 1.165) is 0 Å². The number of rotatable bonds is 7. The minimum absolute atomic E-state index is 0.126. The van der Waals surface area contributed by atoms with Gasteiger partial charge in [-0.25, -0.2) is 0 Å². The van der Waals surface area contributed by atoms with Gasteiger partial charge in [0, 0.05) is 25.1 Å². The van der Waals surface area contributed by atoms with Gasteiger partial charge in [0.05, 0.1) is 22.8 Å². The summed E-state index contributed by atoms with van der Waals surface area (Å²) in [6.45, 7) is 2.57. The molecule has 0 bridgehead atoms. The quantitative estimate of drug-likeness (QED) is 0.354. The van der Waals surface area contributed by atoms with Crippen LogP contribution in [0.25, 0.3) is 0 Å². The fraction of sp³-hybridized carbons (Fsp3) is 0.385. The van der Waals surface area contributed by atoms with Gasteiger partial charge in [-0.15, -0.1) is 0 Å². The molecular formula is C13H15N3O4. The molecule has 106 valence electrons. The standard InChI is InChI=1S/C13H15N3O4/c1-2-20-13(17)4-3-7-15-12-6-5-11(16(18)19)8-10(12)9-14/h5-6,8,15H,2-4,7H2,1H3. The van der Waals surface area contributed by atoms with E-state index in [1.54, 1.807) is 6.92 Å². The van der Waals surface area contributed by atoms with Crippen molar-refractivity contribution >= 4 is 17.3 Å². The Hall–Kier alpha value is -2.62. The Balaban J connectivity index is 2.54. The summed E-state index contributed by atoms with van der Waals surface area (Å²) in [5, 5.41) is 22.5. The molecule has 0 unspecified atom stereocenters. The first kappa shape index (κ1) is 15.4. The first-order valence-electron chi connectivity index (χ1n) is 6.16. The average Bonchev–Trinajstić information content (AvgIpc) is 2.43. The normalized spacial score (nSPS) is 9.60. The van der Waals surface area contributed by atoms with Gasteiger partial charge in [-0.3, -0.25) is 14.9 Å². The molecule has 0 amide bonds. The lowest BCUT2D eigenvalue weighted by Gasteiger charge is -2.07. The van der Waals surface area contributed by atoms with Gasteiger partial charge in [0.25, 0.3) is 5.69 Å². The van der Waals surface area contributed by atoms with E-state index in [0.29, 0.717) is 25.3 Å². The Morgan fingerprint density at radius 1 is 1.55 bits per heavy atom. The Bertz CT molecular complexity index is 537. The number of carbonyl (C=O) groups excluding carboxylic acids is 1. The Kier molecular flexibility index (Phi) is 5.97. The van der Waals surface area contributed by atoms with E-state index in [2.05, 4.69) is 5.32 Å². The Morgan fingerprint density at radius 3 is 2.90 bits per heavy atom. The van der Waals surface area contributed by atoms with Gasteiger partial charge in [0.15, 0.2) is 0 Å². The van der Waals surface area contributed by atoms with Crippen molar-refractivity contribution in [3.8, 4) is 6.07 Å². The van der Waals surface area contributed by atoms with Gasteiger partial charge in [0.2, 0.25) is 0 Å². The van der Waals surface area contributed by atoms with E-state index in [4.69, 9.17) is 10.00 Å². The molecule has 20 heavy (non-hydrogen) atoms. The highest BCUT2D eigenvalue weighted by molar-refractivity contribution is 5.69. The molecule has 7 nitrogen and oxygen atoms in total. The SMILES string of the molecule is CCOC(=O)CCCNc1ccc([N+](=O)[O-])cc1C#N. The molecule has 0 radical (unpaired) electrons. The van der Waals surface area contributed by atoms with Crippen molar-refractivity contribution in [3.63, 3.8) is 0 Å². The van der Waals surface area contributed by atoms with Gasteiger partial charge < -0.3 is 10.1 Å². The monoisotopic (exact) mass is 277 g/mol. The third kappa shape index (κ3) is 4.57. The lowest BCUT2D eigenvalue weighted by Crippen LogP contribution is -2.09. The number of esters is 1. The van der Waals surface area contributed by atoms with E-state index in [-0.39, 0.29) is 23.6 Å². The number of nitriles is 1. The number of carbonyl (C=O) groups is 1. The molecule has 1 N–H and O–H groups in total. The smallest absolute Gasteiger partial charge is 0.305 e. The minimum atomic E-state index is -0.550. The second-order valence-electron chi connectivity index (χ2n) is 3.93. The number of ether oxygens (including phenoxy) is 1. The van der Waals surface area contributed by atoms with Gasteiger partial charge in [-0.2, -0.15) is 5.26 Å². The van der Waals surface area contributed by atoms with Crippen LogP contribution in [-0.4, -0.2) is 24.0 Å². The molecule has 0 fully saturated rings. The second kappa shape index (κ2) is 7.74. The molecule has 0 saturated carbocycles. The molecule has 7 heteroatoms. The van der Waals surface area contributed by atoms with E-state index in [1.165, 1.54) is 18.2 Å². The van der Waals surface area contributed by atoms with E-state index in [1.807, 2.05) is 6.07 Å². The number of non-ortho nitro benzene ring substituents is 1. The summed E-state index contributed by atoms with van der Waals surface area (Å²) in [7, 11) is 0. The van der Waals surface area contributed by atoms with Crippen LogP contribution in [0.2, 0.25) is 0 Å². The van der Waals surface area contributed by atoms with Crippen LogP contribution in [0.4, 0.5) is 11.4 Å². The lowest BCUT2D eigenvalue weighted by atomic mass is 10.1. The maximum atomic E-state index is 11.1. The topological polar surface area (TPSA) is 105 Å². The number of anilines is 1. The van der Waals surface area contributed by atoms with E-state index >= 15 is 0 Å². The van der Waals surface area contributed by atoms with Crippen LogP contribution in [0.1, 0.15) is 25.3 Å². The predicted octanol–water partition coefficient (Wildman–Crippen LogP) is 2.22. The van der Waals surface area contributed by atoms with Gasteiger partial charge in [-0.1, -0.05) is 0 Å². The fourth-order valence-electron chi connectivity index (χ4n) is 1.58. The van der Waals surface area contributed by atoms with E-state index < -0.39 is 4.92 Å². The second-order valence-corrected chi connectivity index (χ2v) is 3.93. The third-order valence-electron chi connectivity index (χ3n) is 2.51. The highest BCUT2D eigenvalue weighted by atomic mass is 16.6. The summed E-state index contributed by atoms with van der Waals surface area (Å²) in [5.41, 5.74) is 0.593. The summed E-state index contributed by atoms with van der Waals surface area (Å²) in [4.78, 5) is 21.2. The summed E-state index contributed by atoms with van der Waals surface area (Å²) >= 11 is 0. The van der Waals surface area contributed by atoms with Crippen molar-refractivity contribution in [2.24, 2.45) is 0 Å². The van der Waals surface area contributed by atoms with Crippen molar-refractivity contribution in [2.45, 2.75) is 19.8 Å². The molecule has 1 rings (SSSR count). The highest BCUT2D eigenvalue weighted by Gasteiger charge is 2.10. The maximum Gasteiger partial charge on any atom is 0.305 e. The van der Waals surface area contributed by atoms with Gasteiger partial charge >= 0.3 is 5.97 Å². The first-order valence-corrected chi connectivity index (χ1v) is 6.16. The molecule has 1 aromatic carbocycles. The number of benzene rings is 1. The maximum absolute atomic E-state index is 11.1. The van der Waals surface area contributed by atoms with Crippen LogP contribution in [0.3, 0.4) is 0 Å². The van der Waals surface area contributed by atoms with Gasteiger partial charge in [-0.05, 0) is 19.4 Å². The van der Waals surface area contributed by atoms with Crippen LogP contribution >= 0.6 is 0 Å². The lowest BCUT2D eigenvalue weighted by molar-refractivity contribution is -0.384. The van der Waals surface area contributed by atoms with Crippen LogP contribution < -0.4 is 5.32 Å². The van der Waals surface area contributed by atoms with Crippen molar-refractivity contribution in [1.29, 1.82) is 5.26 Å². The molecule has 0 aliphatic rings. The van der Waals surface area contributed by atoms with Crippen LogP contribution in [0.5, 0.6) is 0 Å². The number of hydrogen-bond acceptors (Lipinski definition) is 6. The molecule has 0 saturated heterocycles. The zero-order valence-corrected chi connectivity index (χ0v) is 11.1. The Morgan fingerprint density at radius 2 is 2.30 bits per heavy atom. The number of hydrogen-bond donors (Lipinski definition) is 1. The molecule has 0 atom stereocenters.